The zero-order chi connectivity index (χ0) is 17.8. The fourth-order valence-corrected chi connectivity index (χ4v) is 2.93. The quantitative estimate of drug-likeness (QED) is 0.415. The van der Waals surface area contributed by atoms with Crippen molar-refractivity contribution in [2.24, 2.45) is 10.9 Å². The minimum atomic E-state index is -0.243. The lowest BCUT2D eigenvalue weighted by Crippen LogP contribution is -2.38. The average molecular weight is 402 g/mol. The van der Waals surface area contributed by atoms with Crippen LogP contribution in [0.1, 0.15) is 38.7 Å². The highest BCUT2D eigenvalue weighted by molar-refractivity contribution is 9.10. The molecule has 0 aromatic heterocycles. The number of aliphatic imine (C=N–C) groups is 1. The summed E-state index contributed by atoms with van der Waals surface area (Å²) in [5.41, 5.74) is 1.07. The number of benzene rings is 1. The van der Waals surface area contributed by atoms with Crippen LogP contribution in [0.5, 0.6) is 0 Å². The van der Waals surface area contributed by atoms with Gasteiger partial charge in [-0.3, -0.25) is 4.99 Å². The van der Waals surface area contributed by atoms with Gasteiger partial charge in [-0.2, -0.15) is 0 Å². The Morgan fingerprint density at radius 3 is 2.71 bits per heavy atom. The van der Waals surface area contributed by atoms with Crippen LogP contribution in [0.4, 0.5) is 4.39 Å². The third kappa shape index (κ3) is 8.11. The average Bonchev–Trinajstić information content (AvgIpc) is 2.56. The largest absolute Gasteiger partial charge is 0.396 e. The van der Waals surface area contributed by atoms with Crippen LogP contribution in [0.2, 0.25) is 0 Å². The zero-order valence-electron chi connectivity index (χ0n) is 14.6. The predicted molar refractivity (Wildman–Crippen MR) is 102 cm³/mol. The molecule has 0 amide bonds. The minimum absolute atomic E-state index is 0.212. The molecular formula is C18H29BrFN3O. The Morgan fingerprint density at radius 2 is 2.08 bits per heavy atom. The summed E-state index contributed by atoms with van der Waals surface area (Å²) in [4.78, 5) is 4.63. The lowest BCUT2D eigenvalue weighted by Gasteiger charge is -2.15. The number of nitrogens with zero attached hydrogens (tertiary/aromatic N) is 1. The fourth-order valence-electron chi connectivity index (χ4n) is 2.50. The Labute approximate surface area is 153 Å². The van der Waals surface area contributed by atoms with Gasteiger partial charge < -0.3 is 15.7 Å². The van der Waals surface area contributed by atoms with E-state index in [0.29, 0.717) is 16.9 Å². The smallest absolute Gasteiger partial charge is 0.191 e. The summed E-state index contributed by atoms with van der Waals surface area (Å²) >= 11 is 3.21. The Hall–Kier alpha value is -1.14. The molecule has 0 heterocycles. The lowest BCUT2D eigenvalue weighted by atomic mass is 10.0. The normalized spacial score (nSPS) is 13.0. The van der Waals surface area contributed by atoms with Crippen LogP contribution >= 0.6 is 15.9 Å². The molecule has 0 aliphatic heterocycles. The van der Waals surface area contributed by atoms with E-state index in [-0.39, 0.29) is 12.4 Å². The summed E-state index contributed by atoms with van der Waals surface area (Å²) < 4.78 is 13.7. The monoisotopic (exact) mass is 401 g/mol. The molecule has 1 aromatic rings. The number of nitrogens with one attached hydrogen (secondary N) is 2. The van der Waals surface area contributed by atoms with Crippen molar-refractivity contribution in [1.82, 2.24) is 10.6 Å². The van der Waals surface area contributed by atoms with Crippen molar-refractivity contribution in [1.29, 1.82) is 0 Å². The van der Waals surface area contributed by atoms with Gasteiger partial charge in [0.1, 0.15) is 5.82 Å². The van der Waals surface area contributed by atoms with Crippen LogP contribution in [0, 0.1) is 11.7 Å². The van der Waals surface area contributed by atoms with Crippen LogP contribution < -0.4 is 10.6 Å². The Balaban J connectivity index is 2.51. The van der Waals surface area contributed by atoms with E-state index < -0.39 is 0 Å². The van der Waals surface area contributed by atoms with Gasteiger partial charge in [-0.25, -0.2) is 4.39 Å². The molecule has 1 atom stereocenters. The van der Waals surface area contributed by atoms with Crippen LogP contribution in [0.25, 0.3) is 0 Å². The molecule has 24 heavy (non-hydrogen) atoms. The van der Waals surface area contributed by atoms with Crippen molar-refractivity contribution in [3.8, 4) is 0 Å². The number of rotatable bonds is 10. The number of halogens is 2. The second-order valence-corrected chi connectivity index (χ2v) is 6.67. The van der Waals surface area contributed by atoms with Crippen LogP contribution in [0.3, 0.4) is 0 Å². The maximum atomic E-state index is 13.2. The van der Waals surface area contributed by atoms with Crippen molar-refractivity contribution in [2.45, 2.75) is 39.5 Å². The minimum Gasteiger partial charge on any atom is -0.396 e. The first-order chi connectivity index (χ1) is 11.6. The Kier molecular flexibility index (Phi) is 10.7. The first-order valence-electron chi connectivity index (χ1n) is 8.67. The highest BCUT2D eigenvalue weighted by Gasteiger charge is 2.07. The molecule has 136 valence electrons. The summed E-state index contributed by atoms with van der Waals surface area (Å²) in [6.45, 7) is 6.63. The van der Waals surface area contributed by atoms with E-state index in [0.717, 1.165) is 50.3 Å². The zero-order valence-corrected chi connectivity index (χ0v) is 16.2. The maximum Gasteiger partial charge on any atom is 0.191 e. The van der Waals surface area contributed by atoms with Crippen molar-refractivity contribution in [3.05, 3.63) is 34.1 Å². The molecule has 0 radical (unpaired) electrons. The molecule has 0 aliphatic carbocycles. The number of aliphatic hydroxyl groups excluding tert-OH is 1. The highest BCUT2D eigenvalue weighted by Crippen LogP contribution is 2.17. The van der Waals surface area contributed by atoms with Crippen LogP contribution in [0.15, 0.2) is 27.7 Å². The molecule has 1 unspecified atom stereocenters. The van der Waals surface area contributed by atoms with Gasteiger partial charge in [-0.05, 0) is 65.7 Å². The van der Waals surface area contributed by atoms with Gasteiger partial charge in [0.25, 0.3) is 0 Å². The summed E-state index contributed by atoms with van der Waals surface area (Å²) in [5, 5.41) is 15.7. The molecule has 0 aliphatic rings. The van der Waals surface area contributed by atoms with Crippen molar-refractivity contribution in [2.75, 3.05) is 26.2 Å². The summed E-state index contributed by atoms with van der Waals surface area (Å²) in [7, 11) is 0. The maximum absolute atomic E-state index is 13.2. The molecule has 0 spiro atoms. The first-order valence-corrected chi connectivity index (χ1v) is 9.46. The van der Waals surface area contributed by atoms with E-state index in [1.807, 2.05) is 6.92 Å². The standard InChI is InChI=1S/C18H29BrFN3O/c1-3-5-15(9-11-24)13-23-18(21-4-2)22-10-8-14-6-7-17(20)16(19)12-14/h6-7,12,15,24H,3-5,8-11,13H2,1-2H3,(H2,21,22,23). The third-order valence-electron chi connectivity index (χ3n) is 3.78. The number of hydrogen-bond acceptors (Lipinski definition) is 2. The van der Waals surface area contributed by atoms with Crippen LogP contribution in [-0.4, -0.2) is 37.3 Å². The fraction of sp³-hybridized carbons (Fsp3) is 0.611. The lowest BCUT2D eigenvalue weighted by molar-refractivity contribution is 0.253. The van der Waals surface area contributed by atoms with Crippen molar-refractivity contribution >= 4 is 21.9 Å². The van der Waals surface area contributed by atoms with Gasteiger partial charge in [0.05, 0.1) is 4.47 Å². The number of hydrogen-bond donors (Lipinski definition) is 3. The molecule has 0 saturated carbocycles. The second kappa shape index (κ2) is 12.3. The molecule has 3 N–H and O–H groups in total. The van der Waals surface area contributed by atoms with E-state index in [4.69, 9.17) is 5.11 Å². The van der Waals surface area contributed by atoms with E-state index in [9.17, 15) is 4.39 Å². The summed E-state index contributed by atoms with van der Waals surface area (Å²) in [5.74, 6) is 0.966. The van der Waals surface area contributed by atoms with Gasteiger partial charge in [0.2, 0.25) is 0 Å². The number of aliphatic hydroxyl groups is 1. The first kappa shape index (κ1) is 20.9. The SMILES string of the molecule is CCCC(CCO)CN=C(NCC)NCCc1ccc(F)c(Br)c1. The predicted octanol–water partition coefficient (Wildman–Crippen LogP) is 3.48. The summed E-state index contributed by atoms with van der Waals surface area (Å²) in [6, 6.07) is 5.08. The molecule has 0 saturated heterocycles. The van der Waals surface area contributed by atoms with Crippen molar-refractivity contribution < 1.29 is 9.50 Å². The van der Waals surface area contributed by atoms with E-state index in [1.54, 1.807) is 12.1 Å². The number of guanidine groups is 1. The molecule has 4 nitrogen and oxygen atoms in total. The molecule has 0 fully saturated rings. The molecular weight excluding hydrogens is 373 g/mol. The molecule has 0 bridgehead atoms. The topological polar surface area (TPSA) is 56.7 Å². The Bertz CT molecular complexity index is 505. The van der Waals surface area contributed by atoms with Gasteiger partial charge in [-0.1, -0.05) is 19.4 Å². The van der Waals surface area contributed by atoms with Crippen molar-refractivity contribution in [3.63, 3.8) is 0 Å². The van der Waals surface area contributed by atoms with Gasteiger partial charge in [0, 0.05) is 26.2 Å². The molecule has 1 rings (SSSR count). The highest BCUT2D eigenvalue weighted by atomic mass is 79.9. The van der Waals surface area contributed by atoms with Gasteiger partial charge in [-0.15, -0.1) is 0 Å². The third-order valence-corrected chi connectivity index (χ3v) is 4.38. The Morgan fingerprint density at radius 1 is 1.29 bits per heavy atom. The van der Waals surface area contributed by atoms with E-state index in [1.165, 1.54) is 6.07 Å². The molecule has 1 aromatic carbocycles. The molecule has 6 heteroatoms. The van der Waals surface area contributed by atoms with Gasteiger partial charge >= 0.3 is 0 Å². The summed E-state index contributed by atoms with van der Waals surface area (Å²) in [6.07, 6.45) is 3.76. The van der Waals surface area contributed by atoms with E-state index in [2.05, 4.69) is 38.5 Å². The van der Waals surface area contributed by atoms with E-state index >= 15 is 0 Å². The van der Waals surface area contributed by atoms with Crippen LogP contribution in [-0.2, 0) is 6.42 Å². The second-order valence-electron chi connectivity index (χ2n) is 5.81. The van der Waals surface area contributed by atoms with Gasteiger partial charge in [0.15, 0.2) is 5.96 Å².